The van der Waals surface area contributed by atoms with Gasteiger partial charge in [0.25, 0.3) is 0 Å². The molecule has 1 N–H and O–H groups in total. The molecule has 0 bridgehead atoms. The summed E-state index contributed by atoms with van der Waals surface area (Å²) in [5.74, 6) is 0.941. The van der Waals surface area contributed by atoms with E-state index < -0.39 is 0 Å². The molecule has 2 heteroatoms. The molecule has 0 saturated carbocycles. The molecule has 1 heterocycles. The maximum atomic E-state index is 5.11. The first-order valence-electron chi connectivity index (χ1n) is 3.77. The summed E-state index contributed by atoms with van der Waals surface area (Å²) >= 11 is 0. The number of hydrogen-bond donors (Lipinski definition) is 1. The van der Waals surface area contributed by atoms with Crippen LogP contribution in [-0.2, 0) is 0 Å². The molecule has 0 aromatic heterocycles. The normalized spacial score (nSPS) is 21.4. The van der Waals surface area contributed by atoms with Crippen molar-refractivity contribution in [2.75, 3.05) is 13.7 Å². The maximum Gasteiger partial charge on any atom is 0.119 e. The molecule has 1 aliphatic heterocycles. The number of ether oxygens (including phenoxy) is 1. The van der Waals surface area contributed by atoms with Crippen LogP contribution in [0.15, 0.2) is 24.3 Å². The molecule has 1 fully saturated rings. The first kappa shape index (κ1) is 6.68. The van der Waals surface area contributed by atoms with Gasteiger partial charge in [-0.15, -0.1) is 0 Å². The van der Waals surface area contributed by atoms with Gasteiger partial charge in [0.05, 0.1) is 7.11 Å². The Kier molecular flexibility index (Phi) is 1.55. The molecule has 0 amide bonds. The molecule has 2 nitrogen and oxygen atoms in total. The van der Waals surface area contributed by atoms with Crippen molar-refractivity contribution in [3.63, 3.8) is 0 Å². The van der Waals surface area contributed by atoms with Gasteiger partial charge in [-0.05, 0) is 17.7 Å². The highest BCUT2D eigenvalue weighted by Gasteiger charge is 2.21. The van der Waals surface area contributed by atoms with Gasteiger partial charge in [-0.3, -0.25) is 0 Å². The van der Waals surface area contributed by atoms with E-state index in [4.69, 9.17) is 4.74 Å². The van der Waals surface area contributed by atoms with Crippen molar-refractivity contribution in [1.29, 1.82) is 0 Å². The summed E-state index contributed by atoms with van der Waals surface area (Å²) in [5, 5.41) is 3.25. The fourth-order valence-electron chi connectivity index (χ4n) is 1.15. The van der Waals surface area contributed by atoms with Crippen molar-refractivity contribution in [2.45, 2.75) is 6.04 Å². The minimum absolute atomic E-state index is 0.574. The number of rotatable bonds is 2. The SMILES string of the molecule is COc1cccc([C@H]2CN2)c1. The third-order valence-electron chi connectivity index (χ3n) is 1.90. The van der Waals surface area contributed by atoms with Crippen LogP contribution < -0.4 is 10.1 Å². The lowest BCUT2D eigenvalue weighted by Gasteiger charge is -2.00. The van der Waals surface area contributed by atoms with Crippen LogP contribution in [0.2, 0.25) is 0 Å². The lowest BCUT2D eigenvalue weighted by atomic mass is 10.1. The zero-order valence-corrected chi connectivity index (χ0v) is 6.50. The molecule has 58 valence electrons. The first-order chi connectivity index (χ1) is 5.40. The van der Waals surface area contributed by atoms with E-state index in [0.717, 1.165) is 12.3 Å². The molecule has 1 aromatic carbocycles. The molecule has 0 unspecified atom stereocenters. The topological polar surface area (TPSA) is 31.2 Å². The summed E-state index contributed by atoms with van der Waals surface area (Å²) in [5.41, 5.74) is 1.32. The van der Waals surface area contributed by atoms with E-state index in [1.54, 1.807) is 7.11 Å². The summed E-state index contributed by atoms with van der Waals surface area (Å²) in [6.45, 7) is 1.10. The summed E-state index contributed by atoms with van der Waals surface area (Å²) in [7, 11) is 1.69. The van der Waals surface area contributed by atoms with Crippen LogP contribution in [0, 0.1) is 0 Å². The van der Waals surface area contributed by atoms with Crippen LogP contribution in [0.3, 0.4) is 0 Å². The fourth-order valence-corrected chi connectivity index (χ4v) is 1.15. The fraction of sp³-hybridized carbons (Fsp3) is 0.333. The monoisotopic (exact) mass is 149 g/mol. The van der Waals surface area contributed by atoms with E-state index >= 15 is 0 Å². The van der Waals surface area contributed by atoms with E-state index in [0.29, 0.717) is 6.04 Å². The molecule has 1 aliphatic rings. The lowest BCUT2D eigenvalue weighted by molar-refractivity contribution is 0.414. The summed E-state index contributed by atoms with van der Waals surface area (Å²) in [6, 6.07) is 8.75. The second kappa shape index (κ2) is 2.55. The van der Waals surface area contributed by atoms with Crippen LogP contribution in [0.5, 0.6) is 5.75 Å². The predicted octanol–water partition coefficient (Wildman–Crippen LogP) is 1.34. The van der Waals surface area contributed by atoms with Gasteiger partial charge in [0.1, 0.15) is 5.75 Å². The summed E-state index contributed by atoms with van der Waals surface area (Å²) < 4.78 is 5.11. The van der Waals surface area contributed by atoms with Crippen molar-refractivity contribution >= 4 is 0 Å². The van der Waals surface area contributed by atoms with E-state index in [2.05, 4.69) is 17.4 Å². The van der Waals surface area contributed by atoms with Gasteiger partial charge in [-0.2, -0.15) is 0 Å². The van der Waals surface area contributed by atoms with Crippen molar-refractivity contribution in [3.8, 4) is 5.75 Å². The van der Waals surface area contributed by atoms with Gasteiger partial charge in [-0.1, -0.05) is 12.1 Å². The highest BCUT2D eigenvalue weighted by molar-refractivity contribution is 5.32. The first-order valence-corrected chi connectivity index (χ1v) is 3.77. The maximum absolute atomic E-state index is 5.11. The Bertz CT molecular complexity index is 255. The minimum Gasteiger partial charge on any atom is -0.497 e. The molecule has 0 radical (unpaired) electrons. The summed E-state index contributed by atoms with van der Waals surface area (Å²) in [6.07, 6.45) is 0. The van der Waals surface area contributed by atoms with Crippen molar-refractivity contribution < 1.29 is 4.74 Å². The molecule has 1 atom stereocenters. The standard InChI is InChI=1S/C9H11NO/c1-11-8-4-2-3-7(5-8)9-6-10-9/h2-5,9-10H,6H2,1H3/t9-/m1/s1. The average Bonchev–Trinajstić information content (AvgIpc) is 2.87. The molecule has 1 aromatic rings. The smallest absolute Gasteiger partial charge is 0.119 e. The zero-order valence-electron chi connectivity index (χ0n) is 6.50. The number of benzene rings is 1. The molecule has 0 aliphatic carbocycles. The van der Waals surface area contributed by atoms with E-state index in [-0.39, 0.29) is 0 Å². The lowest BCUT2D eigenvalue weighted by Crippen LogP contribution is -1.86. The van der Waals surface area contributed by atoms with Crippen molar-refractivity contribution in [2.24, 2.45) is 0 Å². The van der Waals surface area contributed by atoms with E-state index in [1.807, 2.05) is 12.1 Å². The van der Waals surface area contributed by atoms with Gasteiger partial charge in [0.15, 0.2) is 0 Å². The van der Waals surface area contributed by atoms with Gasteiger partial charge < -0.3 is 10.1 Å². The number of nitrogens with one attached hydrogen (secondary N) is 1. The van der Waals surface area contributed by atoms with Crippen LogP contribution in [-0.4, -0.2) is 13.7 Å². The Labute approximate surface area is 66.2 Å². The van der Waals surface area contributed by atoms with Crippen molar-refractivity contribution in [1.82, 2.24) is 5.32 Å². The molecular weight excluding hydrogens is 138 g/mol. The number of hydrogen-bond acceptors (Lipinski definition) is 2. The Hall–Kier alpha value is -1.02. The van der Waals surface area contributed by atoms with E-state index in [1.165, 1.54) is 5.56 Å². The van der Waals surface area contributed by atoms with Gasteiger partial charge >= 0.3 is 0 Å². The largest absolute Gasteiger partial charge is 0.497 e. The van der Waals surface area contributed by atoms with Gasteiger partial charge in [0, 0.05) is 12.6 Å². The number of methoxy groups -OCH3 is 1. The highest BCUT2D eigenvalue weighted by Crippen LogP contribution is 2.24. The van der Waals surface area contributed by atoms with Crippen molar-refractivity contribution in [3.05, 3.63) is 29.8 Å². The minimum atomic E-state index is 0.574. The molecule has 11 heavy (non-hydrogen) atoms. The second-order valence-corrected chi connectivity index (χ2v) is 2.74. The molecule has 1 saturated heterocycles. The van der Waals surface area contributed by atoms with Gasteiger partial charge in [-0.25, -0.2) is 0 Å². The quantitative estimate of drug-likeness (QED) is 0.643. The van der Waals surface area contributed by atoms with Gasteiger partial charge in [0.2, 0.25) is 0 Å². The van der Waals surface area contributed by atoms with Crippen LogP contribution in [0.25, 0.3) is 0 Å². The molecule has 2 rings (SSSR count). The Balaban J connectivity index is 2.26. The average molecular weight is 149 g/mol. The summed E-state index contributed by atoms with van der Waals surface area (Å²) in [4.78, 5) is 0. The van der Waals surface area contributed by atoms with Crippen LogP contribution >= 0.6 is 0 Å². The van der Waals surface area contributed by atoms with E-state index in [9.17, 15) is 0 Å². The molecule has 0 spiro atoms. The highest BCUT2D eigenvalue weighted by atomic mass is 16.5. The Morgan fingerprint density at radius 3 is 3.00 bits per heavy atom. The Morgan fingerprint density at radius 2 is 2.36 bits per heavy atom. The van der Waals surface area contributed by atoms with Crippen LogP contribution in [0.4, 0.5) is 0 Å². The third kappa shape index (κ3) is 1.35. The Morgan fingerprint density at radius 1 is 1.55 bits per heavy atom. The second-order valence-electron chi connectivity index (χ2n) is 2.74. The molecular formula is C9H11NO. The predicted molar refractivity (Wildman–Crippen MR) is 43.7 cm³/mol. The third-order valence-corrected chi connectivity index (χ3v) is 1.90. The van der Waals surface area contributed by atoms with Crippen LogP contribution in [0.1, 0.15) is 11.6 Å². The zero-order chi connectivity index (χ0) is 7.68.